The molecule has 0 spiro atoms. The first-order chi connectivity index (χ1) is 17.2. The predicted octanol–water partition coefficient (Wildman–Crippen LogP) is 4.47. The highest BCUT2D eigenvalue weighted by atomic mass is 35.5. The topological polar surface area (TPSA) is 68.5 Å². The molecule has 2 aromatic carbocycles. The fourth-order valence-corrected chi connectivity index (χ4v) is 5.74. The van der Waals surface area contributed by atoms with Crippen LogP contribution in [-0.4, -0.2) is 63.0 Å². The molecule has 6 rings (SSSR count). The van der Waals surface area contributed by atoms with E-state index in [9.17, 15) is 0 Å². The molecule has 9 heteroatoms. The van der Waals surface area contributed by atoms with Crippen molar-refractivity contribution in [1.29, 1.82) is 0 Å². The van der Waals surface area contributed by atoms with Gasteiger partial charge in [0.25, 0.3) is 0 Å². The van der Waals surface area contributed by atoms with Crippen LogP contribution >= 0.6 is 11.6 Å². The zero-order valence-electron chi connectivity index (χ0n) is 19.9. The van der Waals surface area contributed by atoms with Crippen LogP contribution in [0.3, 0.4) is 0 Å². The van der Waals surface area contributed by atoms with Gasteiger partial charge in [-0.2, -0.15) is 0 Å². The van der Waals surface area contributed by atoms with Crippen LogP contribution in [0.1, 0.15) is 61.1 Å². The molecule has 1 saturated carbocycles. The molecule has 1 saturated heterocycles. The molecule has 184 valence electrons. The van der Waals surface area contributed by atoms with Crippen LogP contribution in [0.25, 0.3) is 0 Å². The van der Waals surface area contributed by atoms with E-state index in [0.29, 0.717) is 12.8 Å². The second kappa shape index (κ2) is 10.1. The Morgan fingerprint density at radius 2 is 1.69 bits per heavy atom. The predicted molar refractivity (Wildman–Crippen MR) is 133 cm³/mol. The van der Waals surface area contributed by atoms with E-state index in [0.717, 1.165) is 67.9 Å². The molecule has 3 heterocycles. The Kier molecular flexibility index (Phi) is 6.59. The Morgan fingerprint density at radius 1 is 0.914 bits per heavy atom. The highest BCUT2D eigenvalue weighted by Gasteiger charge is 2.32. The molecule has 0 amide bonds. The number of rotatable bonds is 6. The summed E-state index contributed by atoms with van der Waals surface area (Å²) in [7, 11) is 0. The van der Waals surface area contributed by atoms with Crippen LogP contribution < -0.4 is 9.47 Å². The lowest BCUT2D eigenvalue weighted by Gasteiger charge is -2.39. The summed E-state index contributed by atoms with van der Waals surface area (Å²) in [4.78, 5) is 5.02. The smallest absolute Gasteiger partial charge is 0.231 e. The van der Waals surface area contributed by atoms with Gasteiger partial charge in [0, 0.05) is 37.7 Å². The molecule has 1 aromatic heterocycles. The first-order valence-corrected chi connectivity index (χ1v) is 13.0. The zero-order chi connectivity index (χ0) is 23.6. The standard InChI is InChI=1S/C26H31ClN6O2/c27-21-9-7-20(8-10-21)25(26-28-29-30-33(26)22-4-2-1-3-5-22)32-14-12-31(13-15-32)17-19-6-11-23-24(16-19)35-18-34-23/h6-11,16,22,25H,1-5,12-15,17-18H2. The van der Waals surface area contributed by atoms with Gasteiger partial charge in [-0.15, -0.1) is 5.10 Å². The minimum Gasteiger partial charge on any atom is -0.454 e. The van der Waals surface area contributed by atoms with Crippen LogP contribution in [0, 0.1) is 0 Å². The van der Waals surface area contributed by atoms with Crippen LogP contribution in [-0.2, 0) is 6.54 Å². The number of hydrogen-bond acceptors (Lipinski definition) is 7. The van der Waals surface area contributed by atoms with E-state index in [1.54, 1.807) is 0 Å². The Labute approximate surface area is 210 Å². The number of piperazine rings is 1. The van der Waals surface area contributed by atoms with Gasteiger partial charge in [0.15, 0.2) is 17.3 Å². The van der Waals surface area contributed by atoms with Crippen molar-refractivity contribution in [2.45, 2.75) is 50.7 Å². The lowest BCUT2D eigenvalue weighted by Crippen LogP contribution is -2.48. The number of aromatic nitrogens is 4. The fraction of sp³-hybridized carbons (Fsp3) is 0.500. The summed E-state index contributed by atoms with van der Waals surface area (Å²) >= 11 is 6.23. The first kappa shape index (κ1) is 22.8. The average molecular weight is 495 g/mol. The number of tetrazole rings is 1. The van der Waals surface area contributed by atoms with Gasteiger partial charge in [-0.3, -0.25) is 9.80 Å². The maximum atomic E-state index is 6.23. The number of benzene rings is 2. The second-order valence-electron chi connectivity index (χ2n) is 9.73. The molecule has 0 bridgehead atoms. The summed E-state index contributed by atoms with van der Waals surface area (Å²) in [6.45, 7) is 5.04. The molecule has 0 radical (unpaired) electrons. The largest absolute Gasteiger partial charge is 0.454 e. The molecule has 1 unspecified atom stereocenters. The van der Waals surface area contributed by atoms with Gasteiger partial charge in [-0.05, 0) is 58.7 Å². The maximum Gasteiger partial charge on any atom is 0.231 e. The van der Waals surface area contributed by atoms with Crippen LogP contribution in [0.5, 0.6) is 11.5 Å². The summed E-state index contributed by atoms with van der Waals surface area (Å²) < 4.78 is 13.1. The number of halogens is 1. The Balaban J connectivity index is 1.20. The number of hydrogen-bond donors (Lipinski definition) is 0. The molecule has 3 aliphatic rings. The minimum absolute atomic E-state index is 0.0110. The van der Waals surface area contributed by atoms with Gasteiger partial charge in [-0.25, -0.2) is 4.68 Å². The SMILES string of the molecule is Clc1ccc(C(c2nnnn2C2CCCCC2)N2CCN(Cc3ccc4c(c3)OCO4)CC2)cc1. The van der Waals surface area contributed by atoms with E-state index in [1.165, 1.54) is 30.4 Å². The van der Waals surface area contributed by atoms with Crippen molar-refractivity contribution in [2.75, 3.05) is 33.0 Å². The molecule has 2 fully saturated rings. The van der Waals surface area contributed by atoms with Crippen LogP contribution in [0.4, 0.5) is 0 Å². The summed E-state index contributed by atoms with van der Waals surface area (Å²) in [6.07, 6.45) is 6.09. The van der Waals surface area contributed by atoms with Crippen LogP contribution in [0.2, 0.25) is 5.02 Å². The van der Waals surface area contributed by atoms with E-state index in [4.69, 9.17) is 21.1 Å². The zero-order valence-corrected chi connectivity index (χ0v) is 20.6. The Morgan fingerprint density at radius 3 is 2.49 bits per heavy atom. The van der Waals surface area contributed by atoms with Gasteiger partial charge >= 0.3 is 0 Å². The minimum atomic E-state index is 0.0110. The highest BCUT2D eigenvalue weighted by Crippen LogP contribution is 2.35. The van der Waals surface area contributed by atoms with E-state index in [1.807, 2.05) is 18.2 Å². The quantitative estimate of drug-likeness (QED) is 0.500. The van der Waals surface area contributed by atoms with Gasteiger partial charge in [0.2, 0.25) is 6.79 Å². The van der Waals surface area contributed by atoms with Gasteiger partial charge in [0.05, 0.1) is 12.1 Å². The molecule has 35 heavy (non-hydrogen) atoms. The average Bonchev–Trinajstić information content (AvgIpc) is 3.57. The third-order valence-electron chi connectivity index (χ3n) is 7.48. The van der Waals surface area contributed by atoms with Gasteiger partial charge in [0.1, 0.15) is 0 Å². The first-order valence-electron chi connectivity index (χ1n) is 12.6. The molecule has 3 aromatic rings. The number of ether oxygens (including phenoxy) is 2. The van der Waals surface area contributed by atoms with Gasteiger partial charge < -0.3 is 9.47 Å². The normalized spacial score (nSPS) is 20.3. The van der Waals surface area contributed by atoms with Crippen molar-refractivity contribution in [2.24, 2.45) is 0 Å². The van der Waals surface area contributed by atoms with E-state index >= 15 is 0 Å². The molecule has 2 aliphatic heterocycles. The van der Waals surface area contributed by atoms with Crippen molar-refractivity contribution < 1.29 is 9.47 Å². The lowest BCUT2D eigenvalue weighted by molar-refractivity contribution is 0.0986. The number of fused-ring (bicyclic) bond motifs is 1. The van der Waals surface area contributed by atoms with Crippen molar-refractivity contribution >= 4 is 11.6 Å². The van der Waals surface area contributed by atoms with Crippen molar-refractivity contribution in [3.05, 3.63) is 64.4 Å². The highest BCUT2D eigenvalue weighted by molar-refractivity contribution is 6.30. The van der Waals surface area contributed by atoms with Crippen molar-refractivity contribution in [3.8, 4) is 11.5 Å². The summed E-state index contributed by atoms with van der Waals surface area (Å²) in [5.74, 6) is 2.63. The monoisotopic (exact) mass is 494 g/mol. The third-order valence-corrected chi connectivity index (χ3v) is 7.74. The molecule has 1 aliphatic carbocycles. The lowest BCUT2D eigenvalue weighted by atomic mass is 9.95. The molecular formula is C26H31ClN6O2. The summed E-state index contributed by atoms with van der Waals surface area (Å²) in [5, 5.41) is 13.9. The molecule has 8 nitrogen and oxygen atoms in total. The van der Waals surface area contributed by atoms with Crippen LogP contribution in [0.15, 0.2) is 42.5 Å². The van der Waals surface area contributed by atoms with Crippen molar-refractivity contribution in [3.63, 3.8) is 0 Å². The van der Waals surface area contributed by atoms with E-state index < -0.39 is 0 Å². The summed E-state index contributed by atoms with van der Waals surface area (Å²) in [5.41, 5.74) is 2.43. The van der Waals surface area contributed by atoms with E-state index in [-0.39, 0.29) is 6.04 Å². The number of nitrogens with zero attached hydrogens (tertiary/aromatic N) is 6. The second-order valence-corrected chi connectivity index (χ2v) is 10.2. The van der Waals surface area contributed by atoms with Gasteiger partial charge in [-0.1, -0.05) is 49.1 Å². The Bertz CT molecular complexity index is 1140. The summed E-state index contributed by atoms with van der Waals surface area (Å²) in [6, 6.07) is 14.8. The molecule has 0 N–H and O–H groups in total. The third kappa shape index (κ3) is 4.87. The molecule has 1 atom stereocenters. The van der Waals surface area contributed by atoms with Crippen molar-refractivity contribution in [1.82, 2.24) is 30.0 Å². The van der Waals surface area contributed by atoms with E-state index in [2.05, 4.69) is 54.3 Å². The fourth-order valence-electron chi connectivity index (χ4n) is 5.61. The molecular weight excluding hydrogens is 464 g/mol. The Hall–Kier alpha value is -2.68. The maximum absolute atomic E-state index is 6.23.